The van der Waals surface area contributed by atoms with E-state index in [1.807, 2.05) is 49.9 Å². The molecule has 5 rings (SSSR count). The molecule has 75 heavy (non-hydrogen) atoms. The molecule has 8 bridgehead atoms. The fraction of sp³-hybridized carbons (Fsp3) is 0.587. The van der Waals surface area contributed by atoms with Crippen molar-refractivity contribution >= 4 is 80.5 Å². The molecule has 11 nitrogen and oxygen atoms in total. The molecule has 4 atom stereocenters. The molecule has 3 aliphatic heterocycles. The number of hydrogen-bond donors (Lipinski definition) is 0. The third-order valence-corrected chi connectivity index (χ3v) is 15.7. The van der Waals surface area contributed by atoms with Crippen LogP contribution in [0.25, 0.3) is 33.3 Å². The van der Waals surface area contributed by atoms with Gasteiger partial charge in [0.25, 0.3) is 5.91 Å². The number of rotatable bonds is 29. The van der Waals surface area contributed by atoms with Crippen molar-refractivity contribution in [3.05, 3.63) is 93.4 Å². The van der Waals surface area contributed by atoms with Crippen LogP contribution in [-0.4, -0.2) is 78.9 Å². The molecule has 0 aliphatic carbocycles. The van der Waals surface area contributed by atoms with Gasteiger partial charge in [-0.1, -0.05) is 137 Å². The average molecular weight is 1040 g/mol. The first-order valence-electron chi connectivity index (χ1n) is 28.3. The van der Waals surface area contributed by atoms with Gasteiger partial charge in [-0.15, -0.1) is 22.4 Å². The molecular weight excluding hydrogens is 947 g/mol. The van der Waals surface area contributed by atoms with Crippen LogP contribution >= 0.6 is 0 Å². The summed E-state index contributed by atoms with van der Waals surface area (Å²) in [5.74, 6) is 0.844. The summed E-state index contributed by atoms with van der Waals surface area (Å²) < 4.78 is 11.3. The topological polar surface area (TPSA) is 146 Å². The van der Waals surface area contributed by atoms with Crippen LogP contribution in [0, 0.1) is 17.8 Å². The number of aromatic nitrogens is 4. The number of methoxy groups -OCH3 is 1. The summed E-state index contributed by atoms with van der Waals surface area (Å²) in [5.41, 5.74) is 11.2. The number of unbranched alkanes of at least 4 members (excludes halogenated alkanes) is 2. The zero-order chi connectivity index (χ0) is 54.1. The molecule has 0 aromatic carbocycles. The summed E-state index contributed by atoms with van der Waals surface area (Å²) in [5, 5.41) is 0. The van der Waals surface area contributed by atoms with Crippen molar-refractivity contribution in [3.63, 3.8) is 0 Å². The van der Waals surface area contributed by atoms with Gasteiger partial charge in [-0.3, -0.25) is 19.2 Å². The van der Waals surface area contributed by atoms with Crippen molar-refractivity contribution < 1.29 is 38.6 Å². The quantitative estimate of drug-likeness (QED) is 0.0339. The molecule has 12 heteroatoms. The van der Waals surface area contributed by atoms with E-state index < -0.39 is 5.97 Å². The summed E-state index contributed by atoms with van der Waals surface area (Å²) in [6.45, 7) is 29.3. The Morgan fingerprint density at radius 2 is 1.41 bits per heavy atom. The minimum absolute atomic E-state index is 0. The Hall–Kier alpha value is -4.81. The van der Waals surface area contributed by atoms with E-state index in [2.05, 4.69) is 71.9 Å². The van der Waals surface area contributed by atoms with Gasteiger partial charge in [-0.25, -0.2) is 9.97 Å². The minimum Gasteiger partial charge on any atom is -0.664 e. The SMILES string of the molecule is C=CC1=C(C)c2cc3[n-]c(c(CC(=O)OC)c4[nH+]c(cc5[n-]c(cc1[nH+]2)c(C=O)c5CC)C(C)=C4C(=O)N(CCCC)CCCC)C(CCC(=O)OCC=C(C)CCCC(C)CCCC(C)CCCC(C)C)C3C.[Mg+2]. The molecule has 5 heterocycles. The first-order chi connectivity index (χ1) is 35.5. The zero-order valence-electron chi connectivity index (χ0n) is 48.2. The van der Waals surface area contributed by atoms with Gasteiger partial charge in [0.15, 0.2) is 0 Å². The molecular formula is C63H91MgN5O6+2. The maximum absolute atomic E-state index is 15.2. The van der Waals surface area contributed by atoms with Gasteiger partial charge in [0.05, 0.1) is 19.1 Å². The summed E-state index contributed by atoms with van der Waals surface area (Å²) in [7, 11) is 1.36. The maximum Gasteiger partial charge on any atom is 2.00 e. The number of aryl methyl sites for hydroxylation is 1. The first kappa shape index (κ1) is 62.7. The van der Waals surface area contributed by atoms with E-state index in [0.717, 1.165) is 90.4 Å². The van der Waals surface area contributed by atoms with Gasteiger partial charge in [0.1, 0.15) is 18.5 Å². The molecule has 2 aromatic rings. The van der Waals surface area contributed by atoms with Crippen molar-refractivity contribution in [2.24, 2.45) is 17.8 Å². The summed E-state index contributed by atoms with van der Waals surface area (Å²) in [6.07, 6.45) is 20.3. The fourth-order valence-corrected chi connectivity index (χ4v) is 10.9. The zero-order valence-corrected chi connectivity index (χ0v) is 49.6. The van der Waals surface area contributed by atoms with Crippen LogP contribution in [0.4, 0.5) is 0 Å². The third kappa shape index (κ3) is 16.8. The molecule has 2 aromatic heterocycles. The molecule has 2 N–H and O–H groups in total. The van der Waals surface area contributed by atoms with E-state index in [1.54, 1.807) is 6.08 Å². The Kier molecular flexibility index (Phi) is 25.8. The second kappa shape index (κ2) is 30.8. The Morgan fingerprint density at radius 1 is 0.787 bits per heavy atom. The smallest absolute Gasteiger partial charge is 0.664 e. The summed E-state index contributed by atoms with van der Waals surface area (Å²) in [4.78, 5) is 75.1. The maximum atomic E-state index is 15.2. The Balaban J connectivity index is 0.0000122. The number of allylic oxidation sites excluding steroid dienone is 5. The molecule has 1 amide bonds. The van der Waals surface area contributed by atoms with Gasteiger partial charge in [0.2, 0.25) is 22.8 Å². The van der Waals surface area contributed by atoms with Crippen LogP contribution in [0.1, 0.15) is 240 Å². The molecule has 3 aliphatic rings. The summed E-state index contributed by atoms with van der Waals surface area (Å²) >= 11 is 0. The predicted molar refractivity (Wildman–Crippen MR) is 305 cm³/mol. The predicted octanol–water partition coefficient (Wildman–Crippen LogP) is 12.9. The number of ether oxygens (including phenoxy) is 2. The van der Waals surface area contributed by atoms with Crippen molar-refractivity contribution in [3.8, 4) is 0 Å². The van der Waals surface area contributed by atoms with Gasteiger partial charge in [0, 0.05) is 41.8 Å². The van der Waals surface area contributed by atoms with E-state index in [1.165, 1.54) is 57.6 Å². The molecule has 0 radical (unpaired) electrons. The van der Waals surface area contributed by atoms with Crippen LogP contribution in [0.2, 0.25) is 0 Å². The molecule has 0 spiro atoms. The van der Waals surface area contributed by atoms with Crippen molar-refractivity contribution in [1.29, 1.82) is 0 Å². The largest absolute Gasteiger partial charge is 2.00 e. The van der Waals surface area contributed by atoms with Crippen molar-refractivity contribution in [2.45, 2.75) is 197 Å². The van der Waals surface area contributed by atoms with Crippen LogP contribution in [0.3, 0.4) is 0 Å². The van der Waals surface area contributed by atoms with Gasteiger partial charge in [-0.05, 0) is 113 Å². The van der Waals surface area contributed by atoms with Crippen LogP contribution in [0.5, 0.6) is 0 Å². The van der Waals surface area contributed by atoms with E-state index in [-0.39, 0.29) is 66.2 Å². The second-order valence-electron chi connectivity index (χ2n) is 22.0. The number of hydrogen-bond acceptors (Lipinski definition) is 6. The number of carbonyl (C=O) groups excluding carboxylic acids is 4. The van der Waals surface area contributed by atoms with Crippen molar-refractivity contribution in [1.82, 2.24) is 14.9 Å². The minimum atomic E-state index is -0.484. The fourth-order valence-electron chi connectivity index (χ4n) is 10.9. The Bertz CT molecular complexity index is 2610. The number of H-pyrrole nitrogens is 2. The molecule has 0 saturated carbocycles. The number of aldehydes is 1. The third-order valence-electron chi connectivity index (χ3n) is 15.7. The first-order valence-corrected chi connectivity index (χ1v) is 28.3. The normalized spacial score (nSPS) is 15.9. The Labute approximate surface area is 466 Å². The number of nitrogens with zero attached hydrogens (tertiary/aromatic N) is 3. The van der Waals surface area contributed by atoms with Crippen LogP contribution in [-0.2, 0) is 36.7 Å². The second-order valence-corrected chi connectivity index (χ2v) is 22.0. The number of carbonyl (C=O) groups is 4. The number of esters is 2. The number of aromatic amines is 2. The van der Waals surface area contributed by atoms with E-state index >= 15 is 4.79 Å². The average Bonchev–Trinajstić information content (AvgIpc) is 4.07. The van der Waals surface area contributed by atoms with Crippen LogP contribution < -0.4 is 19.9 Å². The molecule has 0 saturated heterocycles. The van der Waals surface area contributed by atoms with Gasteiger partial charge < -0.3 is 24.3 Å². The number of fused-ring (bicyclic) bond motifs is 8. The van der Waals surface area contributed by atoms with E-state index in [0.29, 0.717) is 82.2 Å². The van der Waals surface area contributed by atoms with E-state index in [4.69, 9.17) is 19.4 Å². The Morgan fingerprint density at radius 3 is 2.01 bits per heavy atom. The standard InChI is InChI=1S/C63H90N5O6.Mg/c1-14-18-32-68(33-19-15-2)63(72)60-46(12)54-37-56-48(17-4)51(39-69)57(65-56)38-55-47(16-3)44(10)52(64-55)36-53-45(11)49(61(66-53)50(62(60)67-54)35-59(71)73-13)29-30-58(70)74-34-31-43(9)28-22-27-42(8)26-21-25-41(7)24-20-23-40(5)6;/h16,31,36-42,45,49H,3,14-15,17-30,32-35H2,1-2,4-13H3,(H-,64,65,66,67,69,72);/q-1;+2/p+1. The number of nitrogens with one attached hydrogen (secondary N) is 2. The molecule has 4 unspecified atom stereocenters. The molecule has 404 valence electrons. The monoisotopic (exact) mass is 1040 g/mol. The van der Waals surface area contributed by atoms with Crippen molar-refractivity contribution in [2.75, 3.05) is 26.8 Å². The van der Waals surface area contributed by atoms with Gasteiger partial charge in [-0.2, -0.15) is 0 Å². The summed E-state index contributed by atoms with van der Waals surface area (Å²) in [6, 6.07) is 5.84. The molecule has 0 fully saturated rings. The van der Waals surface area contributed by atoms with E-state index in [9.17, 15) is 14.4 Å². The van der Waals surface area contributed by atoms with Gasteiger partial charge >= 0.3 is 35.0 Å². The number of amides is 1. The van der Waals surface area contributed by atoms with Crippen LogP contribution in [0.15, 0.2) is 42.5 Å².